The van der Waals surface area contributed by atoms with E-state index in [9.17, 15) is 8.78 Å². The molecule has 0 saturated carbocycles. The summed E-state index contributed by atoms with van der Waals surface area (Å²) in [7, 11) is 1.43. The van der Waals surface area contributed by atoms with Crippen molar-refractivity contribution >= 4 is 0 Å². The highest BCUT2D eigenvalue weighted by Gasteiger charge is 2.09. The van der Waals surface area contributed by atoms with E-state index in [1.165, 1.54) is 13.2 Å². The summed E-state index contributed by atoms with van der Waals surface area (Å²) >= 11 is 0. The van der Waals surface area contributed by atoms with Gasteiger partial charge in [-0.25, -0.2) is 8.78 Å². The van der Waals surface area contributed by atoms with Gasteiger partial charge in [-0.3, -0.25) is 4.98 Å². The number of hydrogen-bond acceptors (Lipinski definition) is 2. The maximum Gasteiger partial charge on any atom is 0.265 e. The van der Waals surface area contributed by atoms with Gasteiger partial charge in [0.25, 0.3) is 6.43 Å². The first-order valence-corrected chi connectivity index (χ1v) is 3.44. The third kappa shape index (κ3) is 1.69. The highest BCUT2D eigenvalue weighted by Crippen LogP contribution is 2.23. The average molecular weight is 173 g/mol. The molecule has 12 heavy (non-hydrogen) atoms. The molecule has 0 unspecified atom stereocenters. The number of hydrogen-bond donors (Lipinski definition) is 0. The number of alkyl halides is 2. The summed E-state index contributed by atoms with van der Waals surface area (Å²) in [5.41, 5.74) is 0.499. The minimum Gasteiger partial charge on any atom is -0.495 e. The fourth-order valence-electron chi connectivity index (χ4n) is 0.854. The lowest BCUT2D eigenvalue weighted by Crippen LogP contribution is -1.93. The quantitative estimate of drug-likeness (QED) is 0.684. The van der Waals surface area contributed by atoms with E-state index in [0.29, 0.717) is 11.4 Å². The lowest BCUT2D eigenvalue weighted by Gasteiger charge is -2.05. The molecule has 0 aliphatic heterocycles. The van der Waals surface area contributed by atoms with Crippen LogP contribution in [-0.4, -0.2) is 12.1 Å². The van der Waals surface area contributed by atoms with Crippen molar-refractivity contribution in [2.45, 2.75) is 13.3 Å². The number of ether oxygens (including phenoxy) is 1. The topological polar surface area (TPSA) is 22.1 Å². The molecule has 0 spiro atoms. The molecular formula is C8H9F2NO. The van der Waals surface area contributed by atoms with E-state index in [0.717, 1.165) is 6.20 Å². The molecular weight excluding hydrogens is 164 g/mol. The standard InChI is InChI=1S/C8H9F2NO/c1-5-7(12-2)3-6(4-11-5)8(9)10/h3-4,8H,1-2H3. The summed E-state index contributed by atoms with van der Waals surface area (Å²) in [6.07, 6.45) is -1.34. The van der Waals surface area contributed by atoms with Crippen molar-refractivity contribution in [1.82, 2.24) is 4.98 Å². The molecule has 1 aromatic heterocycles. The normalized spacial score (nSPS) is 10.4. The summed E-state index contributed by atoms with van der Waals surface area (Å²) in [5.74, 6) is 0.396. The summed E-state index contributed by atoms with van der Waals surface area (Å²) in [6, 6.07) is 1.30. The Morgan fingerprint density at radius 2 is 2.17 bits per heavy atom. The van der Waals surface area contributed by atoms with Crippen LogP contribution in [0.15, 0.2) is 12.3 Å². The third-order valence-corrected chi connectivity index (χ3v) is 1.53. The first-order chi connectivity index (χ1) is 5.65. The van der Waals surface area contributed by atoms with Gasteiger partial charge < -0.3 is 4.74 Å². The highest BCUT2D eigenvalue weighted by molar-refractivity contribution is 5.30. The summed E-state index contributed by atoms with van der Waals surface area (Å²) in [6.45, 7) is 1.70. The smallest absolute Gasteiger partial charge is 0.265 e. The Bertz CT molecular complexity index is 276. The molecule has 0 aliphatic rings. The molecule has 1 aromatic rings. The molecule has 0 aliphatic carbocycles. The van der Waals surface area contributed by atoms with Gasteiger partial charge in [0.1, 0.15) is 5.75 Å². The van der Waals surface area contributed by atoms with Crippen LogP contribution in [-0.2, 0) is 0 Å². The van der Waals surface area contributed by atoms with Crippen molar-refractivity contribution in [3.05, 3.63) is 23.5 Å². The van der Waals surface area contributed by atoms with Crippen LogP contribution in [0.3, 0.4) is 0 Å². The van der Waals surface area contributed by atoms with Crippen molar-refractivity contribution in [3.8, 4) is 5.75 Å². The molecule has 0 fully saturated rings. The highest BCUT2D eigenvalue weighted by atomic mass is 19.3. The van der Waals surface area contributed by atoms with Crippen molar-refractivity contribution in [3.63, 3.8) is 0 Å². The van der Waals surface area contributed by atoms with Gasteiger partial charge in [-0.15, -0.1) is 0 Å². The minimum atomic E-state index is -2.49. The number of aromatic nitrogens is 1. The Hall–Kier alpha value is -1.19. The second-order valence-electron chi connectivity index (χ2n) is 2.36. The first kappa shape index (κ1) is 8.90. The lowest BCUT2D eigenvalue weighted by molar-refractivity contribution is 0.150. The maximum atomic E-state index is 12.1. The molecule has 1 rings (SSSR count). The Kier molecular flexibility index (Phi) is 2.58. The number of rotatable bonds is 2. The Labute approximate surface area is 69.2 Å². The Morgan fingerprint density at radius 3 is 2.67 bits per heavy atom. The van der Waals surface area contributed by atoms with E-state index in [4.69, 9.17) is 4.74 Å². The van der Waals surface area contributed by atoms with E-state index < -0.39 is 6.43 Å². The number of halogens is 2. The zero-order valence-corrected chi connectivity index (χ0v) is 6.84. The van der Waals surface area contributed by atoms with Crippen molar-refractivity contribution in [1.29, 1.82) is 0 Å². The van der Waals surface area contributed by atoms with Crippen LogP contribution in [0.5, 0.6) is 5.75 Å². The zero-order valence-electron chi connectivity index (χ0n) is 6.84. The van der Waals surface area contributed by atoms with Gasteiger partial charge in [-0.05, 0) is 13.0 Å². The van der Waals surface area contributed by atoms with Crippen molar-refractivity contribution in [2.24, 2.45) is 0 Å². The van der Waals surface area contributed by atoms with Crippen LogP contribution in [0.4, 0.5) is 8.78 Å². The molecule has 1 heterocycles. The Balaban J connectivity index is 3.05. The van der Waals surface area contributed by atoms with Crippen LogP contribution < -0.4 is 4.74 Å². The fraction of sp³-hybridized carbons (Fsp3) is 0.375. The number of methoxy groups -OCH3 is 1. The number of pyridine rings is 1. The fourth-order valence-corrected chi connectivity index (χ4v) is 0.854. The number of nitrogens with zero attached hydrogens (tertiary/aromatic N) is 1. The third-order valence-electron chi connectivity index (χ3n) is 1.53. The van der Waals surface area contributed by atoms with E-state index >= 15 is 0 Å². The molecule has 4 heteroatoms. The minimum absolute atomic E-state index is 0.113. The first-order valence-electron chi connectivity index (χ1n) is 3.44. The molecule has 0 aromatic carbocycles. The van der Waals surface area contributed by atoms with Crippen LogP contribution in [0.1, 0.15) is 17.7 Å². The molecule has 66 valence electrons. The molecule has 0 amide bonds. The van der Waals surface area contributed by atoms with Gasteiger partial charge in [0.05, 0.1) is 12.8 Å². The van der Waals surface area contributed by atoms with Gasteiger partial charge in [0.2, 0.25) is 0 Å². The van der Waals surface area contributed by atoms with Gasteiger partial charge in [-0.2, -0.15) is 0 Å². The maximum absolute atomic E-state index is 12.1. The van der Waals surface area contributed by atoms with E-state index in [-0.39, 0.29) is 5.56 Å². The summed E-state index contributed by atoms with van der Waals surface area (Å²) < 4.78 is 29.1. The van der Waals surface area contributed by atoms with Gasteiger partial charge in [-0.1, -0.05) is 0 Å². The molecule has 0 saturated heterocycles. The van der Waals surface area contributed by atoms with E-state index in [1.54, 1.807) is 6.92 Å². The number of aryl methyl sites for hydroxylation is 1. The van der Waals surface area contributed by atoms with Gasteiger partial charge >= 0.3 is 0 Å². The van der Waals surface area contributed by atoms with Crippen LogP contribution >= 0.6 is 0 Å². The SMILES string of the molecule is COc1cc(C(F)F)cnc1C. The molecule has 0 bridgehead atoms. The summed E-state index contributed by atoms with van der Waals surface area (Å²) in [5, 5.41) is 0. The van der Waals surface area contributed by atoms with Crippen molar-refractivity contribution < 1.29 is 13.5 Å². The largest absolute Gasteiger partial charge is 0.495 e. The summed E-state index contributed by atoms with van der Waals surface area (Å²) in [4.78, 5) is 3.77. The molecule has 0 radical (unpaired) electrons. The second-order valence-corrected chi connectivity index (χ2v) is 2.36. The molecule has 0 N–H and O–H groups in total. The second kappa shape index (κ2) is 3.47. The van der Waals surface area contributed by atoms with Gasteiger partial charge in [0, 0.05) is 11.8 Å². The van der Waals surface area contributed by atoms with Crippen molar-refractivity contribution in [2.75, 3.05) is 7.11 Å². The molecule has 2 nitrogen and oxygen atoms in total. The zero-order chi connectivity index (χ0) is 9.14. The average Bonchev–Trinajstić information content (AvgIpc) is 2.05. The van der Waals surface area contributed by atoms with Gasteiger partial charge in [0.15, 0.2) is 0 Å². The predicted octanol–water partition coefficient (Wildman–Crippen LogP) is 2.34. The van der Waals surface area contributed by atoms with E-state index in [2.05, 4.69) is 4.98 Å². The van der Waals surface area contributed by atoms with Crippen LogP contribution in [0.25, 0.3) is 0 Å². The van der Waals surface area contributed by atoms with Crippen LogP contribution in [0.2, 0.25) is 0 Å². The van der Waals surface area contributed by atoms with E-state index in [1.807, 2.05) is 0 Å². The van der Waals surface area contributed by atoms with Crippen LogP contribution in [0, 0.1) is 6.92 Å². The lowest BCUT2D eigenvalue weighted by atomic mass is 10.2. The molecule has 0 atom stereocenters. The monoisotopic (exact) mass is 173 g/mol. The Morgan fingerprint density at radius 1 is 1.50 bits per heavy atom. The predicted molar refractivity (Wildman–Crippen MR) is 40.5 cm³/mol.